The summed E-state index contributed by atoms with van der Waals surface area (Å²) in [6.45, 7) is -0.608. The highest BCUT2D eigenvalue weighted by Gasteiger charge is 2.45. The Morgan fingerprint density at radius 1 is 1.04 bits per heavy atom. The molecule has 2 aromatic rings. The molecule has 9 heteroatoms. The predicted molar refractivity (Wildman–Crippen MR) is 78.5 cm³/mol. The Hall–Kier alpha value is -2.17. The van der Waals surface area contributed by atoms with E-state index in [1.165, 1.54) is 24.3 Å². The molecule has 0 unspecified atom stereocenters. The number of hydrogen-bond acceptors (Lipinski definition) is 9. The van der Waals surface area contributed by atoms with Crippen molar-refractivity contribution in [1.82, 2.24) is 0 Å². The van der Waals surface area contributed by atoms with Gasteiger partial charge in [-0.15, -0.1) is 0 Å². The maximum absolute atomic E-state index is 11.3. The lowest BCUT2D eigenvalue weighted by atomic mass is 9.99. The number of phenolic OH excluding ortho intramolecular Hbond substituents is 1. The molecule has 1 aromatic heterocycles. The Morgan fingerprint density at radius 3 is 2.46 bits per heavy atom. The number of ether oxygens (including phenoxy) is 2. The number of aliphatic hydroxyl groups excluding tert-OH is 4. The second-order valence-corrected chi connectivity index (χ2v) is 5.40. The van der Waals surface area contributed by atoms with Crippen LogP contribution in [0.15, 0.2) is 33.5 Å². The Balaban J connectivity index is 1.91. The average molecular weight is 340 g/mol. The van der Waals surface area contributed by atoms with E-state index in [2.05, 4.69) is 0 Å². The smallest absolute Gasteiger partial charge is 0.336 e. The minimum Gasteiger partial charge on any atom is -0.502 e. The second kappa shape index (κ2) is 6.38. The first-order chi connectivity index (χ1) is 11.4. The summed E-state index contributed by atoms with van der Waals surface area (Å²) in [5, 5.41) is 49.2. The van der Waals surface area contributed by atoms with Crippen molar-refractivity contribution >= 4 is 11.0 Å². The van der Waals surface area contributed by atoms with Gasteiger partial charge >= 0.3 is 5.63 Å². The van der Waals surface area contributed by atoms with E-state index in [9.17, 15) is 25.2 Å². The molecule has 0 spiro atoms. The van der Waals surface area contributed by atoms with Crippen LogP contribution >= 0.6 is 0 Å². The fraction of sp³-hybridized carbons (Fsp3) is 0.400. The summed E-state index contributed by atoms with van der Waals surface area (Å²) in [4.78, 5) is 11.3. The van der Waals surface area contributed by atoms with E-state index in [1.54, 1.807) is 0 Å². The van der Waals surface area contributed by atoms with Crippen molar-refractivity contribution < 1.29 is 39.4 Å². The molecule has 5 atom stereocenters. The van der Waals surface area contributed by atoms with Gasteiger partial charge < -0.3 is 39.4 Å². The van der Waals surface area contributed by atoms with E-state index >= 15 is 0 Å². The lowest BCUT2D eigenvalue weighted by molar-refractivity contribution is -0.277. The molecule has 1 aliphatic heterocycles. The zero-order chi connectivity index (χ0) is 17.4. The summed E-state index contributed by atoms with van der Waals surface area (Å²) in [6.07, 6.45) is -7.36. The third-order valence-corrected chi connectivity index (χ3v) is 3.82. The molecule has 24 heavy (non-hydrogen) atoms. The second-order valence-electron chi connectivity index (χ2n) is 5.40. The number of rotatable bonds is 3. The van der Waals surface area contributed by atoms with Crippen molar-refractivity contribution in [1.29, 1.82) is 0 Å². The molecule has 0 radical (unpaired) electrons. The summed E-state index contributed by atoms with van der Waals surface area (Å²) < 4.78 is 15.4. The molecule has 0 bridgehead atoms. The molecule has 1 aliphatic rings. The lowest BCUT2D eigenvalue weighted by Gasteiger charge is -2.39. The Kier molecular flexibility index (Phi) is 4.43. The summed E-state index contributed by atoms with van der Waals surface area (Å²) in [5.74, 6) is -0.650. The molecule has 1 saturated heterocycles. The number of aromatic hydroxyl groups is 1. The molecular formula is C15H16O9. The fourth-order valence-electron chi connectivity index (χ4n) is 2.48. The minimum atomic E-state index is -1.62. The number of aliphatic hydroxyl groups is 4. The van der Waals surface area contributed by atoms with Gasteiger partial charge in [0.25, 0.3) is 0 Å². The highest BCUT2D eigenvalue weighted by molar-refractivity contribution is 5.84. The van der Waals surface area contributed by atoms with Gasteiger partial charge in [-0.05, 0) is 18.2 Å². The van der Waals surface area contributed by atoms with Crippen LogP contribution in [0.4, 0.5) is 0 Å². The molecular weight excluding hydrogens is 324 g/mol. The first-order valence-corrected chi connectivity index (χ1v) is 7.15. The van der Waals surface area contributed by atoms with Crippen molar-refractivity contribution in [2.45, 2.75) is 30.7 Å². The quantitative estimate of drug-likeness (QED) is 0.429. The molecule has 0 aliphatic carbocycles. The molecule has 0 saturated carbocycles. The highest BCUT2D eigenvalue weighted by Crippen LogP contribution is 2.35. The SMILES string of the molecule is O=c1ccc2ccc(O[C@@H]3O[C@@H](CO)[C@H](O)[C@@H](O)[C@@H]3O)c(O)c2o1. The van der Waals surface area contributed by atoms with Gasteiger partial charge in [0.1, 0.15) is 24.4 Å². The van der Waals surface area contributed by atoms with Gasteiger partial charge in [-0.3, -0.25) is 0 Å². The van der Waals surface area contributed by atoms with Crippen LogP contribution in [0.3, 0.4) is 0 Å². The highest BCUT2D eigenvalue weighted by atomic mass is 16.7. The first-order valence-electron chi connectivity index (χ1n) is 7.15. The van der Waals surface area contributed by atoms with E-state index in [4.69, 9.17) is 19.0 Å². The van der Waals surface area contributed by atoms with Crippen molar-refractivity contribution in [2.75, 3.05) is 6.61 Å². The predicted octanol–water partition coefficient (Wildman–Crippen LogP) is -1.32. The number of hydrogen-bond donors (Lipinski definition) is 5. The van der Waals surface area contributed by atoms with Crippen LogP contribution in [0, 0.1) is 0 Å². The number of fused-ring (bicyclic) bond motifs is 1. The number of phenols is 1. The molecule has 2 heterocycles. The van der Waals surface area contributed by atoms with Gasteiger partial charge in [-0.1, -0.05) is 0 Å². The van der Waals surface area contributed by atoms with Crippen LogP contribution in [0.25, 0.3) is 11.0 Å². The summed E-state index contributed by atoms with van der Waals surface area (Å²) >= 11 is 0. The summed E-state index contributed by atoms with van der Waals surface area (Å²) in [7, 11) is 0. The first kappa shape index (κ1) is 16.7. The third-order valence-electron chi connectivity index (χ3n) is 3.82. The van der Waals surface area contributed by atoms with Crippen molar-refractivity contribution in [2.24, 2.45) is 0 Å². The van der Waals surface area contributed by atoms with Crippen LogP contribution in [-0.4, -0.2) is 62.8 Å². The summed E-state index contributed by atoms with van der Waals surface area (Å²) in [5.41, 5.74) is -0.771. The Bertz CT molecular complexity index is 784. The minimum absolute atomic E-state index is 0.107. The van der Waals surface area contributed by atoms with Gasteiger partial charge in [-0.25, -0.2) is 4.79 Å². The summed E-state index contributed by atoms with van der Waals surface area (Å²) in [6, 6.07) is 5.52. The zero-order valence-corrected chi connectivity index (χ0v) is 12.3. The van der Waals surface area contributed by atoms with Crippen LogP contribution in [0.1, 0.15) is 0 Å². The molecule has 0 amide bonds. The molecule has 1 fully saturated rings. The van der Waals surface area contributed by atoms with Crippen molar-refractivity contribution in [3.8, 4) is 11.5 Å². The van der Waals surface area contributed by atoms with Crippen molar-refractivity contribution in [3.05, 3.63) is 34.7 Å². The van der Waals surface area contributed by atoms with E-state index in [0.717, 1.165) is 0 Å². The van der Waals surface area contributed by atoms with Gasteiger partial charge in [-0.2, -0.15) is 0 Å². The van der Waals surface area contributed by atoms with E-state index < -0.39 is 48.7 Å². The standard InChI is InChI=1S/C15H16O9/c16-5-8-10(18)12(20)13(21)15(23-8)22-7-3-1-6-2-4-9(17)24-14(6)11(7)19/h1-4,8,10,12-13,15-16,18-21H,5H2/t8-,10-,12+,13-,15+/m0/s1. The van der Waals surface area contributed by atoms with Gasteiger partial charge in [0, 0.05) is 11.5 Å². The van der Waals surface area contributed by atoms with Crippen molar-refractivity contribution in [3.63, 3.8) is 0 Å². The molecule has 3 rings (SSSR count). The number of benzene rings is 1. The molecule has 9 nitrogen and oxygen atoms in total. The maximum atomic E-state index is 11.3. The normalized spacial score (nSPS) is 30.4. The molecule has 1 aromatic carbocycles. The van der Waals surface area contributed by atoms with Crippen LogP contribution in [-0.2, 0) is 4.74 Å². The van der Waals surface area contributed by atoms with Gasteiger partial charge in [0.15, 0.2) is 11.3 Å². The topological polar surface area (TPSA) is 150 Å². The van der Waals surface area contributed by atoms with E-state index in [-0.39, 0.29) is 11.3 Å². The largest absolute Gasteiger partial charge is 0.502 e. The van der Waals surface area contributed by atoms with Crippen LogP contribution < -0.4 is 10.4 Å². The third kappa shape index (κ3) is 2.83. The van der Waals surface area contributed by atoms with Gasteiger partial charge in [0.2, 0.25) is 12.0 Å². The monoisotopic (exact) mass is 340 g/mol. The van der Waals surface area contributed by atoms with Crippen LogP contribution in [0.5, 0.6) is 11.5 Å². The molecule has 5 N–H and O–H groups in total. The lowest BCUT2D eigenvalue weighted by Crippen LogP contribution is -2.60. The zero-order valence-electron chi connectivity index (χ0n) is 12.3. The average Bonchev–Trinajstić information content (AvgIpc) is 2.58. The Morgan fingerprint density at radius 2 is 1.75 bits per heavy atom. The van der Waals surface area contributed by atoms with E-state index in [1.807, 2.05) is 0 Å². The van der Waals surface area contributed by atoms with E-state index in [0.29, 0.717) is 5.39 Å². The van der Waals surface area contributed by atoms with Gasteiger partial charge in [0.05, 0.1) is 6.61 Å². The van der Waals surface area contributed by atoms with Crippen LogP contribution in [0.2, 0.25) is 0 Å². The maximum Gasteiger partial charge on any atom is 0.336 e. The molecule has 130 valence electrons. The Labute approximate surface area is 134 Å². The fourth-order valence-corrected chi connectivity index (χ4v) is 2.48.